The molecule has 1 amide bonds. The lowest BCUT2D eigenvalue weighted by molar-refractivity contribution is 0.0949. The minimum absolute atomic E-state index is 0.0256. The number of carbonyl (C=O) groups is 1. The molecule has 7 nitrogen and oxygen atoms in total. The van der Waals surface area contributed by atoms with Gasteiger partial charge >= 0.3 is 0 Å². The van der Waals surface area contributed by atoms with Crippen LogP contribution in [0.15, 0.2) is 67.3 Å². The fourth-order valence-electron chi connectivity index (χ4n) is 3.30. The van der Waals surface area contributed by atoms with Gasteiger partial charge in [-0.05, 0) is 35.7 Å². The second kappa shape index (κ2) is 8.83. The molecule has 4 aromatic rings. The van der Waals surface area contributed by atoms with Crippen LogP contribution in [0, 0.1) is 5.82 Å². The van der Waals surface area contributed by atoms with Gasteiger partial charge in [0.1, 0.15) is 5.82 Å². The minimum atomic E-state index is -0.368. The number of rotatable bonds is 6. The van der Waals surface area contributed by atoms with Gasteiger partial charge in [-0.3, -0.25) is 9.78 Å². The summed E-state index contributed by atoms with van der Waals surface area (Å²) < 4.78 is 15.7. The third kappa shape index (κ3) is 4.32. The van der Waals surface area contributed by atoms with E-state index >= 15 is 0 Å². The molecule has 4 rings (SSSR count). The lowest BCUT2D eigenvalue weighted by Crippen LogP contribution is -2.24. The lowest BCUT2D eigenvalue weighted by atomic mass is 10.1. The maximum Gasteiger partial charge on any atom is 0.255 e. The van der Waals surface area contributed by atoms with Crippen LogP contribution in [0.2, 0.25) is 0 Å². The summed E-state index contributed by atoms with van der Waals surface area (Å²) in [5, 5.41) is 7.26. The molecule has 31 heavy (non-hydrogen) atoms. The zero-order chi connectivity index (χ0) is 21.8. The highest BCUT2D eigenvalue weighted by Crippen LogP contribution is 2.24. The van der Waals surface area contributed by atoms with E-state index in [9.17, 15) is 9.18 Å². The lowest BCUT2D eigenvalue weighted by Gasteiger charge is -2.12. The first kappa shape index (κ1) is 20.3. The smallest absolute Gasteiger partial charge is 0.255 e. The molecule has 1 aromatic carbocycles. The van der Waals surface area contributed by atoms with Crippen molar-refractivity contribution in [1.82, 2.24) is 30.0 Å². The van der Waals surface area contributed by atoms with Crippen LogP contribution in [0.3, 0.4) is 0 Å². The molecule has 0 spiro atoms. The van der Waals surface area contributed by atoms with E-state index in [0.717, 1.165) is 5.56 Å². The number of hydrogen-bond donors (Lipinski definition) is 1. The molecule has 0 atom stereocenters. The number of benzene rings is 1. The number of halogens is 1. The minimum Gasteiger partial charge on any atom is -0.348 e. The average Bonchev–Trinajstić information content (AvgIpc) is 3.24. The molecule has 0 radical (unpaired) electrons. The van der Waals surface area contributed by atoms with E-state index in [1.165, 1.54) is 16.9 Å². The van der Waals surface area contributed by atoms with Gasteiger partial charge in [0.2, 0.25) is 0 Å². The van der Waals surface area contributed by atoms with Gasteiger partial charge in [0, 0.05) is 30.7 Å². The van der Waals surface area contributed by atoms with Crippen LogP contribution < -0.4 is 5.32 Å². The third-order valence-electron chi connectivity index (χ3n) is 4.76. The van der Waals surface area contributed by atoms with Crippen molar-refractivity contribution in [2.45, 2.75) is 26.3 Å². The predicted molar refractivity (Wildman–Crippen MR) is 114 cm³/mol. The van der Waals surface area contributed by atoms with Crippen LogP contribution >= 0.6 is 0 Å². The third-order valence-corrected chi connectivity index (χ3v) is 4.76. The Hall–Kier alpha value is -3.94. The maximum atomic E-state index is 14.2. The number of nitrogens with one attached hydrogen (secondary N) is 1. The van der Waals surface area contributed by atoms with Crippen LogP contribution in [0.1, 0.15) is 41.4 Å². The van der Waals surface area contributed by atoms with Crippen LogP contribution in [0.25, 0.3) is 17.2 Å². The monoisotopic (exact) mass is 416 g/mol. The Labute approximate surface area is 179 Å². The number of hydrogen-bond acceptors (Lipinski definition) is 5. The normalized spacial score (nSPS) is 11.0. The highest BCUT2D eigenvalue weighted by Gasteiger charge is 2.22. The van der Waals surface area contributed by atoms with Crippen molar-refractivity contribution >= 4 is 5.91 Å². The van der Waals surface area contributed by atoms with Crippen molar-refractivity contribution in [3.05, 3.63) is 89.9 Å². The van der Waals surface area contributed by atoms with E-state index in [2.05, 4.69) is 25.4 Å². The summed E-state index contributed by atoms with van der Waals surface area (Å²) in [4.78, 5) is 25.7. The first-order valence-electron chi connectivity index (χ1n) is 9.88. The molecule has 0 unspecified atom stereocenters. The second-order valence-electron chi connectivity index (χ2n) is 7.28. The molecule has 0 aliphatic carbocycles. The Balaban J connectivity index is 1.66. The Morgan fingerprint density at radius 2 is 1.94 bits per heavy atom. The number of pyridine rings is 1. The van der Waals surface area contributed by atoms with Crippen molar-refractivity contribution in [2.24, 2.45) is 0 Å². The molecular weight excluding hydrogens is 395 g/mol. The topological polar surface area (TPSA) is 85.6 Å². The van der Waals surface area contributed by atoms with Gasteiger partial charge in [0.25, 0.3) is 11.9 Å². The number of amides is 1. The summed E-state index contributed by atoms with van der Waals surface area (Å²) in [5.41, 5.74) is 2.83. The van der Waals surface area contributed by atoms with Gasteiger partial charge in [0.05, 0.1) is 23.1 Å². The zero-order valence-electron chi connectivity index (χ0n) is 17.2. The first-order chi connectivity index (χ1) is 15.0. The fraction of sp³-hybridized carbons (Fsp3) is 0.174. The van der Waals surface area contributed by atoms with E-state index in [0.29, 0.717) is 29.1 Å². The van der Waals surface area contributed by atoms with E-state index in [1.807, 2.05) is 26.0 Å². The highest BCUT2D eigenvalue weighted by atomic mass is 19.1. The summed E-state index contributed by atoms with van der Waals surface area (Å²) in [6.07, 6.45) is 6.45. The van der Waals surface area contributed by atoms with Gasteiger partial charge in [0.15, 0.2) is 0 Å². The Morgan fingerprint density at radius 3 is 2.68 bits per heavy atom. The molecule has 3 aromatic heterocycles. The Morgan fingerprint density at radius 1 is 1.10 bits per heavy atom. The van der Waals surface area contributed by atoms with Crippen LogP contribution in [-0.4, -0.2) is 30.6 Å². The molecule has 0 aliphatic rings. The van der Waals surface area contributed by atoms with Crippen LogP contribution in [-0.2, 0) is 6.54 Å². The number of aromatic nitrogens is 5. The molecule has 0 fully saturated rings. The van der Waals surface area contributed by atoms with Gasteiger partial charge < -0.3 is 5.32 Å². The van der Waals surface area contributed by atoms with Crippen molar-refractivity contribution < 1.29 is 9.18 Å². The molecule has 0 aliphatic heterocycles. The quantitative estimate of drug-likeness (QED) is 0.515. The standard InChI is InChI=1S/C23H21FN6O/c1-15(2)21-18(22(31)27-13-16-6-5-10-25-12-16)14-28-30(21)23-26-11-9-20(29-23)17-7-3-4-8-19(17)24/h3-12,14-15H,13H2,1-2H3,(H,27,31). The van der Waals surface area contributed by atoms with Crippen LogP contribution in [0.4, 0.5) is 4.39 Å². The van der Waals surface area contributed by atoms with Crippen molar-refractivity contribution in [3.8, 4) is 17.2 Å². The van der Waals surface area contributed by atoms with E-state index < -0.39 is 0 Å². The Bertz CT molecular complexity index is 1210. The highest BCUT2D eigenvalue weighted by molar-refractivity contribution is 5.95. The average molecular weight is 416 g/mol. The van der Waals surface area contributed by atoms with Crippen molar-refractivity contribution in [3.63, 3.8) is 0 Å². The summed E-state index contributed by atoms with van der Waals surface area (Å²) in [5.74, 6) is -0.366. The fourth-order valence-corrected chi connectivity index (χ4v) is 3.30. The first-order valence-corrected chi connectivity index (χ1v) is 9.88. The largest absolute Gasteiger partial charge is 0.348 e. The maximum absolute atomic E-state index is 14.2. The van der Waals surface area contributed by atoms with E-state index in [4.69, 9.17) is 0 Å². The molecular formula is C23H21FN6O. The van der Waals surface area contributed by atoms with E-state index in [-0.39, 0.29) is 23.6 Å². The summed E-state index contributed by atoms with van der Waals surface area (Å²) >= 11 is 0. The van der Waals surface area contributed by atoms with Gasteiger partial charge in [-0.2, -0.15) is 5.10 Å². The van der Waals surface area contributed by atoms with Crippen molar-refractivity contribution in [1.29, 1.82) is 0 Å². The predicted octanol–water partition coefficient (Wildman–Crippen LogP) is 3.92. The molecule has 0 saturated heterocycles. The van der Waals surface area contributed by atoms with Gasteiger partial charge in [-0.25, -0.2) is 19.0 Å². The molecule has 3 heterocycles. The van der Waals surface area contributed by atoms with Gasteiger partial charge in [-0.1, -0.05) is 32.0 Å². The van der Waals surface area contributed by atoms with Crippen molar-refractivity contribution in [2.75, 3.05) is 0 Å². The van der Waals surface area contributed by atoms with Crippen LogP contribution in [0.5, 0.6) is 0 Å². The molecule has 156 valence electrons. The number of nitrogens with zero attached hydrogens (tertiary/aromatic N) is 5. The molecule has 8 heteroatoms. The van der Waals surface area contributed by atoms with Gasteiger partial charge in [-0.15, -0.1) is 0 Å². The van der Waals surface area contributed by atoms with E-state index in [1.54, 1.807) is 42.9 Å². The molecule has 0 bridgehead atoms. The second-order valence-corrected chi connectivity index (χ2v) is 7.28. The molecule has 1 N–H and O–H groups in total. The Kier molecular flexibility index (Phi) is 5.79. The summed E-state index contributed by atoms with van der Waals surface area (Å²) in [7, 11) is 0. The molecule has 0 saturated carbocycles. The zero-order valence-corrected chi connectivity index (χ0v) is 17.2. The number of carbonyl (C=O) groups excluding carboxylic acids is 1. The summed E-state index contributed by atoms with van der Waals surface area (Å²) in [6, 6.07) is 11.8. The SMILES string of the molecule is CC(C)c1c(C(=O)NCc2cccnc2)cnn1-c1nccc(-c2ccccc2F)n1. The summed E-state index contributed by atoms with van der Waals surface area (Å²) in [6.45, 7) is 4.28.